The minimum Gasteiger partial charge on any atom is -0.507 e. The molecule has 2 N–H and O–H groups in total. The van der Waals surface area contributed by atoms with Crippen molar-refractivity contribution < 1.29 is 14.6 Å². The SMILES string of the molecule is [CH2]c1cc(O)c2c(=O)cc(-c3ccccc3Cl)oc2c1[C@H]1CCN(C)C[C@H]1O. The average Bonchev–Trinajstić information content (AvgIpc) is 2.63. The van der Waals surface area contributed by atoms with Gasteiger partial charge < -0.3 is 19.5 Å². The lowest BCUT2D eigenvalue weighted by Crippen LogP contribution is -2.40. The molecule has 1 aliphatic heterocycles. The second kappa shape index (κ2) is 7.24. The summed E-state index contributed by atoms with van der Waals surface area (Å²) in [6.07, 6.45) is 0.0707. The normalized spacial score (nSPS) is 20.6. The largest absolute Gasteiger partial charge is 0.507 e. The zero-order valence-corrected chi connectivity index (χ0v) is 16.2. The molecule has 5 nitrogen and oxygen atoms in total. The maximum atomic E-state index is 12.8. The van der Waals surface area contributed by atoms with Gasteiger partial charge in [0, 0.05) is 29.7 Å². The number of aliphatic hydroxyl groups is 1. The number of β-amino-alcohol motifs (C(OH)–C–C–N with tert-alkyl or cyclic N) is 1. The van der Waals surface area contributed by atoms with Crippen molar-refractivity contribution >= 4 is 22.6 Å². The van der Waals surface area contributed by atoms with Crippen LogP contribution in [0.25, 0.3) is 22.3 Å². The van der Waals surface area contributed by atoms with Crippen molar-refractivity contribution in [1.29, 1.82) is 0 Å². The van der Waals surface area contributed by atoms with E-state index in [-0.39, 0.29) is 28.1 Å². The molecule has 0 spiro atoms. The van der Waals surface area contributed by atoms with E-state index >= 15 is 0 Å². The third kappa shape index (κ3) is 3.20. The number of fused-ring (bicyclic) bond motifs is 1. The average molecular weight is 399 g/mol. The lowest BCUT2D eigenvalue weighted by molar-refractivity contribution is 0.0638. The Kier molecular flexibility index (Phi) is 4.91. The first-order chi connectivity index (χ1) is 13.4. The van der Waals surface area contributed by atoms with Crippen LogP contribution in [0.5, 0.6) is 5.75 Å². The van der Waals surface area contributed by atoms with E-state index in [0.29, 0.717) is 40.4 Å². The first kappa shape index (κ1) is 19.0. The van der Waals surface area contributed by atoms with Gasteiger partial charge in [0.25, 0.3) is 0 Å². The molecule has 6 heteroatoms. The lowest BCUT2D eigenvalue weighted by Gasteiger charge is -2.34. The molecule has 2 aromatic carbocycles. The second-order valence-electron chi connectivity index (χ2n) is 7.35. The Hall–Kier alpha value is -2.34. The summed E-state index contributed by atoms with van der Waals surface area (Å²) in [6.45, 7) is 5.36. The summed E-state index contributed by atoms with van der Waals surface area (Å²) < 4.78 is 6.12. The minimum atomic E-state index is -0.624. The summed E-state index contributed by atoms with van der Waals surface area (Å²) in [7, 11) is 1.95. The number of likely N-dealkylation sites (tertiary alicyclic amines) is 1. The first-order valence-corrected chi connectivity index (χ1v) is 9.51. The number of halogens is 1. The van der Waals surface area contributed by atoms with Crippen molar-refractivity contribution in [2.45, 2.75) is 18.4 Å². The van der Waals surface area contributed by atoms with Gasteiger partial charge in [0.2, 0.25) is 0 Å². The maximum Gasteiger partial charge on any atom is 0.197 e. The molecule has 4 rings (SSSR count). The number of nitrogens with zero attached hydrogens (tertiary/aromatic N) is 1. The van der Waals surface area contributed by atoms with Gasteiger partial charge in [-0.25, -0.2) is 0 Å². The molecule has 0 aliphatic carbocycles. The van der Waals surface area contributed by atoms with Gasteiger partial charge in [-0.2, -0.15) is 0 Å². The zero-order valence-electron chi connectivity index (χ0n) is 15.5. The summed E-state index contributed by atoms with van der Waals surface area (Å²) in [4.78, 5) is 14.9. The number of likely N-dealkylation sites (N-methyl/N-ethyl adjacent to an activating group) is 1. The van der Waals surface area contributed by atoms with Gasteiger partial charge in [-0.1, -0.05) is 23.7 Å². The Bertz CT molecular complexity index is 1110. The number of piperidine rings is 1. The highest BCUT2D eigenvalue weighted by Gasteiger charge is 2.32. The van der Waals surface area contributed by atoms with Gasteiger partial charge >= 0.3 is 0 Å². The van der Waals surface area contributed by atoms with Crippen LogP contribution >= 0.6 is 11.6 Å². The fourth-order valence-corrected chi connectivity index (χ4v) is 4.24. The molecule has 0 unspecified atom stereocenters. The van der Waals surface area contributed by atoms with Crippen LogP contribution in [-0.4, -0.2) is 41.4 Å². The summed E-state index contributed by atoms with van der Waals surface area (Å²) in [5.41, 5.74) is 1.70. The fraction of sp³-hybridized carbons (Fsp3) is 0.273. The predicted molar refractivity (Wildman–Crippen MR) is 110 cm³/mol. The first-order valence-electron chi connectivity index (χ1n) is 9.14. The van der Waals surface area contributed by atoms with E-state index in [9.17, 15) is 15.0 Å². The predicted octanol–water partition coefficient (Wildman–Crippen LogP) is 3.78. The van der Waals surface area contributed by atoms with Crippen LogP contribution < -0.4 is 5.43 Å². The Morgan fingerprint density at radius 2 is 2.04 bits per heavy atom. The van der Waals surface area contributed by atoms with E-state index in [2.05, 4.69) is 11.8 Å². The highest BCUT2D eigenvalue weighted by Crippen LogP contribution is 2.40. The Morgan fingerprint density at radius 3 is 2.75 bits per heavy atom. The molecule has 0 bridgehead atoms. The van der Waals surface area contributed by atoms with E-state index < -0.39 is 6.10 Å². The topological polar surface area (TPSA) is 73.9 Å². The molecule has 3 aromatic rings. The van der Waals surface area contributed by atoms with Crippen molar-refractivity contribution in [3.05, 3.63) is 69.7 Å². The van der Waals surface area contributed by atoms with Gasteiger partial charge in [0.05, 0.1) is 11.1 Å². The number of aliphatic hydroxyl groups excluding tert-OH is 1. The van der Waals surface area contributed by atoms with Crippen LogP contribution in [0.3, 0.4) is 0 Å². The van der Waals surface area contributed by atoms with Crippen LogP contribution in [0, 0.1) is 6.92 Å². The summed E-state index contributed by atoms with van der Waals surface area (Å²) in [5, 5.41) is 21.6. The summed E-state index contributed by atoms with van der Waals surface area (Å²) in [6, 6.07) is 9.89. The van der Waals surface area contributed by atoms with Crippen LogP contribution in [-0.2, 0) is 0 Å². The molecule has 2 atom stereocenters. The van der Waals surface area contributed by atoms with Crippen molar-refractivity contribution in [2.75, 3.05) is 20.1 Å². The van der Waals surface area contributed by atoms with Crippen LogP contribution in [0.4, 0.5) is 0 Å². The minimum absolute atomic E-state index is 0.101. The van der Waals surface area contributed by atoms with E-state index in [1.165, 1.54) is 12.1 Å². The van der Waals surface area contributed by atoms with Gasteiger partial charge in [0.1, 0.15) is 22.5 Å². The Balaban J connectivity index is 2.00. The summed E-state index contributed by atoms with van der Waals surface area (Å²) >= 11 is 6.28. The monoisotopic (exact) mass is 398 g/mol. The number of phenols is 1. The highest BCUT2D eigenvalue weighted by atomic mass is 35.5. The molecular weight excluding hydrogens is 378 g/mol. The number of benzene rings is 2. The molecule has 1 radical (unpaired) electrons. The zero-order chi connectivity index (χ0) is 20.0. The molecule has 1 aliphatic rings. The van der Waals surface area contributed by atoms with Crippen LogP contribution in [0.15, 0.2) is 45.6 Å². The molecule has 1 saturated heterocycles. The van der Waals surface area contributed by atoms with Crippen LogP contribution in [0.1, 0.15) is 23.5 Å². The second-order valence-corrected chi connectivity index (χ2v) is 7.76. The van der Waals surface area contributed by atoms with Gasteiger partial charge in [-0.05, 0) is 50.7 Å². The lowest BCUT2D eigenvalue weighted by atomic mass is 9.83. The standard InChI is InChI=1S/C22H21ClNO4/c1-12-9-16(25)21-17(26)10-19(13-5-3-4-6-15(13)23)28-22(21)20(12)14-7-8-24(2)11-18(14)27/h3-6,9-10,14,18,25,27H,1,7-8,11H2,2H3/t14-,18+/m0/s1. The molecule has 0 saturated carbocycles. The van der Waals surface area contributed by atoms with Gasteiger partial charge in [0.15, 0.2) is 5.43 Å². The van der Waals surface area contributed by atoms with Crippen molar-refractivity contribution in [3.8, 4) is 17.1 Å². The number of hydrogen-bond donors (Lipinski definition) is 2. The molecule has 28 heavy (non-hydrogen) atoms. The highest BCUT2D eigenvalue weighted by molar-refractivity contribution is 6.33. The Morgan fingerprint density at radius 1 is 1.29 bits per heavy atom. The quantitative estimate of drug-likeness (QED) is 0.687. The molecular formula is C22H21ClNO4. The van der Waals surface area contributed by atoms with Crippen molar-refractivity contribution in [1.82, 2.24) is 4.90 Å². The third-order valence-electron chi connectivity index (χ3n) is 5.40. The van der Waals surface area contributed by atoms with E-state index in [4.69, 9.17) is 16.0 Å². The Labute approximate surface area is 167 Å². The fourth-order valence-electron chi connectivity index (χ4n) is 4.01. The molecule has 145 valence electrons. The smallest absolute Gasteiger partial charge is 0.197 e. The van der Waals surface area contributed by atoms with E-state index in [0.717, 1.165) is 6.54 Å². The molecule has 0 amide bonds. The van der Waals surface area contributed by atoms with E-state index in [1.54, 1.807) is 18.2 Å². The van der Waals surface area contributed by atoms with Gasteiger partial charge in [-0.3, -0.25) is 4.79 Å². The number of phenolic OH excluding ortho intramolecular Hbond substituents is 1. The molecule has 2 heterocycles. The number of rotatable bonds is 2. The van der Waals surface area contributed by atoms with Gasteiger partial charge in [-0.15, -0.1) is 0 Å². The maximum absolute atomic E-state index is 12.8. The van der Waals surface area contributed by atoms with E-state index in [1.807, 2.05) is 13.1 Å². The third-order valence-corrected chi connectivity index (χ3v) is 5.73. The molecule has 1 fully saturated rings. The van der Waals surface area contributed by atoms with Crippen molar-refractivity contribution in [3.63, 3.8) is 0 Å². The van der Waals surface area contributed by atoms with Crippen LogP contribution in [0.2, 0.25) is 5.02 Å². The number of aromatic hydroxyl groups is 1. The van der Waals surface area contributed by atoms with Crippen molar-refractivity contribution in [2.24, 2.45) is 0 Å². The molecule has 1 aromatic heterocycles. The summed E-state index contributed by atoms with van der Waals surface area (Å²) in [5.74, 6) is -0.0983. The number of hydrogen-bond acceptors (Lipinski definition) is 5.